The van der Waals surface area contributed by atoms with E-state index in [-0.39, 0.29) is 40.6 Å². The van der Waals surface area contributed by atoms with Gasteiger partial charge < -0.3 is 14.9 Å². The average Bonchev–Trinajstić information content (AvgIpc) is 2.72. The second-order valence-electron chi connectivity index (χ2n) is 14.0. The monoisotopic (exact) mass is 512 g/mol. The number of carbonyl (C=O) groups is 3. The van der Waals surface area contributed by atoms with Crippen LogP contribution < -0.4 is 10.8 Å². The predicted molar refractivity (Wildman–Crippen MR) is 142 cm³/mol. The molecule has 2 amide bonds. The minimum Gasteiger partial charge on any atom is -0.456 e. The second-order valence-corrected chi connectivity index (χ2v) is 14.0. The van der Waals surface area contributed by atoms with Crippen molar-refractivity contribution in [3.63, 3.8) is 0 Å². The van der Waals surface area contributed by atoms with Crippen molar-refractivity contribution in [3.8, 4) is 0 Å². The Morgan fingerprint density at radius 2 is 1.62 bits per heavy atom. The number of hydrogen-bond acceptors (Lipinski definition) is 5. The van der Waals surface area contributed by atoms with Crippen LogP contribution >= 0.6 is 0 Å². The van der Waals surface area contributed by atoms with Crippen molar-refractivity contribution in [1.29, 1.82) is 0 Å². The van der Waals surface area contributed by atoms with E-state index in [1.165, 1.54) is 19.3 Å². The van der Waals surface area contributed by atoms with Gasteiger partial charge in [-0.1, -0.05) is 32.9 Å². The Bertz CT molecular complexity index is 1010. The molecule has 0 aromatic heterocycles. The van der Waals surface area contributed by atoms with Crippen LogP contribution in [-0.2, 0) is 20.8 Å². The molecule has 0 spiro atoms. The predicted octanol–water partition coefficient (Wildman–Crippen LogP) is 6.11. The average molecular weight is 513 g/mol. The van der Waals surface area contributed by atoms with Crippen LogP contribution in [0.3, 0.4) is 0 Å². The van der Waals surface area contributed by atoms with Crippen molar-refractivity contribution in [2.75, 3.05) is 0 Å². The molecule has 4 saturated carbocycles. The summed E-state index contributed by atoms with van der Waals surface area (Å²) < 4.78 is 5.40. The number of amides is 2. The van der Waals surface area contributed by atoms with E-state index >= 15 is 0 Å². The molecule has 204 valence electrons. The van der Waals surface area contributed by atoms with Gasteiger partial charge >= 0.3 is 12.1 Å². The molecule has 7 heteroatoms. The molecule has 37 heavy (non-hydrogen) atoms. The van der Waals surface area contributed by atoms with Crippen molar-refractivity contribution < 1.29 is 24.0 Å². The maximum atomic E-state index is 12.6. The van der Waals surface area contributed by atoms with Gasteiger partial charge in [0.1, 0.15) is 5.60 Å². The third-order valence-corrected chi connectivity index (χ3v) is 8.29. The fraction of sp³-hybridized carbons (Fsp3) is 0.700. The molecule has 4 aliphatic rings. The molecule has 2 N–H and O–H groups in total. The lowest BCUT2D eigenvalue weighted by Gasteiger charge is -2.65. The van der Waals surface area contributed by atoms with Gasteiger partial charge in [0.05, 0.1) is 5.56 Å². The molecule has 1 aromatic rings. The van der Waals surface area contributed by atoms with E-state index < -0.39 is 11.7 Å². The lowest BCUT2D eigenvalue weighted by molar-refractivity contribution is -0.132. The summed E-state index contributed by atoms with van der Waals surface area (Å²) in [6.45, 7) is 12.3. The van der Waals surface area contributed by atoms with Gasteiger partial charge in [0.2, 0.25) is 0 Å². The fourth-order valence-corrected chi connectivity index (χ4v) is 7.98. The van der Waals surface area contributed by atoms with Crippen LogP contribution in [0.1, 0.15) is 109 Å². The van der Waals surface area contributed by atoms with Gasteiger partial charge in [0.15, 0.2) is 0 Å². The van der Waals surface area contributed by atoms with E-state index in [2.05, 4.69) is 31.6 Å². The smallest absolute Gasteiger partial charge is 0.431 e. The molecule has 4 bridgehead atoms. The van der Waals surface area contributed by atoms with Crippen LogP contribution in [0.25, 0.3) is 0 Å². The van der Waals surface area contributed by atoms with Gasteiger partial charge in [-0.25, -0.2) is 9.59 Å². The van der Waals surface area contributed by atoms with Crippen LogP contribution in [0, 0.1) is 22.7 Å². The summed E-state index contributed by atoms with van der Waals surface area (Å²) in [5.41, 5.74) is 3.80. The Hall–Kier alpha value is -2.57. The highest BCUT2D eigenvalue weighted by Crippen LogP contribution is 2.66. The number of nitrogens with one attached hydrogen (secondary N) is 2. The quantitative estimate of drug-likeness (QED) is 0.340. The molecule has 5 rings (SSSR count). The third-order valence-electron chi connectivity index (χ3n) is 8.29. The maximum absolute atomic E-state index is 12.6. The Labute approximate surface area is 221 Å². The molecule has 3 atom stereocenters. The lowest BCUT2D eigenvalue weighted by atomic mass is 9.43. The maximum Gasteiger partial charge on any atom is 0.431 e. The molecule has 7 nitrogen and oxygen atoms in total. The molecule has 0 saturated heterocycles. The molecule has 1 aromatic carbocycles. The van der Waals surface area contributed by atoms with Crippen molar-refractivity contribution in [2.45, 2.75) is 110 Å². The lowest BCUT2D eigenvalue weighted by Crippen LogP contribution is -2.65. The normalized spacial score (nSPS) is 30.9. The first-order valence-corrected chi connectivity index (χ1v) is 13.8. The molecule has 4 fully saturated rings. The summed E-state index contributed by atoms with van der Waals surface area (Å²) in [4.78, 5) is 42.2. The summed E-state index contributed by atoms with van der Waals surface area (Å²) in [5, 5.41) is 3.14. The number of ether oxygens (including phenoxy) is 1. The summed E-state index contributed by atoms with van der Waals surface area (Å²) in [6, 6.07) is 7.41. The summed E-state index contributed by atoms with van der Waals surface area (Å²) >= 11 is 0. The minimum atomic E-state index is -0.555. The van der Waals surface area contributed by atoms with E-state index in [9.17, 15) is 14.4 Å². The van der Waals surface area contributed by atoms with Gasteiger partial charge in [-0.05, 0) is 112 Å². The van der Waals surface area contributed by atoms with Crippen LogP contribution in [0.15, 0.2) is 24.3 Å². The van der Waals surface area contributed by atoms with Crippen LogP contribution in [0.5, 0.6) is 0 Å². The van der Waals surface area contributed by atoms with Gasteiger partial charge in [-0.2, -0.15) is 5.48 Å². The number of esters is 1. The van der Waals surface area contributed by atoms with E-state index in [0.717, 1.165) is 31.2 Å². The van der Waals surface area contributed by atoms with Crippen molar-refractivity contribution in [3.05, 3.63) is 35.4 Å². The zero-order valence-corrected chi connectivity index (χ0v) is 23.4. The largest absolute Gasteiger partial charge is 0.456 e. The van der Waals surface area contributed by atoms with E-state index in [4.69, 9.17) is 9.57 Å². The summed E-state index contributed by atoms with van der Waals surface area (Å²) in [6.07, 6.45) is 7.89. The molecule has 4 aliphatic carbocycles. The molecule has 0 heterocycles. The van der Waals surface area contributed by atoms with Gasteiger partial charge in [0.25, 0.3) is 5.91 Å². The van der Waals surface area contributed by atoms with Crippen molar-refractivity contribution in [2.24, 2.45) is 22.7 Å². The fourth-order valence-electron chi connectivity index (χ4n) is 7.98. The van der Waals surface area contributed by atoms with Crippen molar-refractivity contribution >= 4 is 18.0 Å². The van der Waals surface area contributed by atoms with Gasteiger partial charge in [-0.3, -0.25) is 4.79 Å². The molecular formula is C30H44N2O5. The zero-order valence-electron chi connectivity index (χ0n) is 23.4. The first-order chi connectivity index (χ1) is 17.2. The Kier molecular flexibility index (Phi) is 7.39. The molecule has 0 radical (unpaired) electrons. The number of carbonyl (C=O) groups excluding carboxylic acids is 3. The molecule has 0 aliphatic heterocycles. The Morgan fingerprint density at radius 3 is 2.19 bits per heavy atom. The number of rotatable bonds is 7. The van der Waals surface area contributed by atoms with Crippen LogP contribution in [0.4, 0.5) is 4.79 Å². The molecule has 3 unspecified atom stereocenters. The number of hydroxylamine groups is 1. The van der Waals surface area contributed by atoms with Crippen LogP contribution in [-0.4, -0.2) is 29.1 Å². The van der Waals surface area contributed by atoms with Crippen LogP contribution in [0.2, 0.25) is 0 Å². The Morgan fingerprint density at radius 1 is 1.00 bits per heavy atom. The number of benzene rings is 1. The minimum absolute atomic E-state index is 0.210. The highest BCUT2D eigenvalue weighted by molar-refractivity contribution is 5.89. The third kappa shape index (κ3) is 7.05. The van der Waals surface area contributed by atoms with E-state index in [1.807, 2.05) is 32.9 Å². The topological polar surface area (TPSA) is 93.7 Å². The summed E-state index contributed by atoms with van der Waals surface area (Å²) in [5.74, 6) is 0.280. The highest BCUT2D eigenvalue weighted by atomic mass is 16.7. The second kappa shape index (κ2) is 9.95. The standard InChI is InChI=1S/C30H44N2O5/c1-20(13-21-8-10-23(11-9-21)25(34)36-27(2,3)4)7-12-24(33)32-37-26(35)31-30-16-22-14-28(5,18-30)17-29(6,15-22)19-30/h8-11,20,22H,7,12-19H2,1-6H3,(H,31,35)(H,32,33). The highest BCUT2D eigenvalue weighted by Gasteiger charge is 2.60. The van der Waals surface area contributed by atoms with Gasteiger partial charge in [-0.15, -0.1) is 0 Å². The Balaban J connectivity index is 1.17. The van der Waals surface area contributed by atoms with Crippen molar-refractivity contribution in [1.82, 2.24) is 10.8 Å². The van der Waals surface area contributed by atoms with Gasteiger partial charge in [0, 0.05) is 12.0 Å². The van der Waals surface area contributed by atoms with E-state index in [1.54, 1.807) is 12.1 Å². The zero-order chi connectivity index (χ0) is 27.1. The first-order valence-electron chi connectivity index (χ1n) is 13.8. The number of hydrogen-bond donors (Lipinski definition) is 2. The molecular weight excluding hydrogens is 468 g/mol. The summed E-state index contributed by atoms with van der Waals surface area (Å²) in [7, 11) is 0. The van der Waals surface area contributed by atoms with E-state index in [0.29, 0.717) is 17.9 Å². The SMILES string of the molecule is CC(CCC(=O)NOC(=O)NC12CC3CC(C)(CC(C)(C3)C1)C2)Cc1ccc(C(=O)OC(C)(C)C)cc1. The first kappa shape index (κ1) is 27.5.